The van der Waals surface area contributed by atoms with E-state index in [1.165, 1.54) is 18.4 Å². The van der Waals surface area contributed by atoms with Crippen LogP contribution < -0.4 is 9.64 Å². The lowest BCUT2D eigenvalue weighted by molar-refractivity contribution is 0.0982. The van der Waals surface area contributed by atoms with Crippen LogP contribution in [0.5, 0.6) is 5.75 Å². The highest BCUT2D eigenvalue weighted by molar-refractivity contribution is 7.22. The van der Waals surface area contributed by atoms with Gasteiger partial charge in [0, 0.05) is 22.4 Å². The third-order valence-corrected chi connectivity index (χ3v) is 5.78. The molecule has 0 aliphatic heterocycles. The Hall–Kier alpha value is -2.67. The Morgan fingerprint density at radius 3 is 2.69 bits per heavy atom. The van der Waals surface area contributed by atoms with Gasteiger partial charge < -0.3 is 4.74 Å². The summed E-state index contributed by atoms with van der Waals surface area (Å²) in [6.45, 7) is 0.301. The number of hydrogen-bond donors (Lipinski definition) is 0. The van der Waals surface area contributed by atoms with E-state index in [-0.39, 0.29) is 5.91 Å². The van der Waals surface area contributed by atoms with Gasteiger partial charge in [-0.15, -0.1) is 0 Å². The lowest BCUT2D eigenvalue weighted by atomic mass is 10.1. The highest BCUT2D eigenvalue weighted by Crippen LogP contribution is 2.34. The van der Waals surface area contributed by atoms with E-state index in [2.05, 4.69) is 9.97 Å². The van der Waals surface area contributed by atoms with Crippen LogP contribution >= 0.6 is 34.5 Å². The fraction of sp³-hybridized carbons (Fsp3) is 0.0952. The molecule has 8 heteroatoms. The maximum absolute atomic E-state index is 13.5. The second-order valence-electron chi connectivity index (χ2n) is 6.21. The van der Waals surface area contributed by atoms with Gasteiger partial charge in [-0.05, 0) is 48.0 Å². The van der Waals surface area contributed by atoms with Crippen LogP contribution in [0.15, 0.2) is 60.9 Å². The van der Waals surface area contributed by atoms with Crippen LogP contribution in [0.25, 0.3) is 10.2 Å². The van der Waals surface area contributed by atoms with E-state index in [1.54, 1.807) is 41.6 Å². The molecular weight excluding hydrogens is 429 g/mol. The smallest absolute Gasteiger partial charge is 0.264 e. The molecule has 0 saturated carbocycles. The summed E-state index contributed by atoms with van der Waals surface area (Å²) in [5.74, 6) is 0.179. The Morgan fingerprint density at radius 1 is 1.14 bits per heavy atom. The maximum atomic E-state index is 13.5. The van der Waals surface area contributed by atoms with Crippen LogP contribution in [0.3, 0.4) is 0 Å². The van der Waals surface area contributed by atoms with Gasteiger partial charge in [-0.3, -0.25) is 14.7 Å². The minimum atomic E-state index is -0.265. The molecule has 2 aromatic heterocycles. The molecule has 0 radical (unpaired) electrons. The normalized spacial score (nSPS) is 10.9. The molecule has 0 aliphatic carbocycles. The standard InChI is InChI=1S/C21H15Cl2N3O2S/c1-28-18-7-5-14(22)9-16(18)20(27)26(12-13-3-2-8-24-11-13)21-25-17-6-4-15(23)10-19(17)29-21/h2-11H,12H2,1H3. The first-order valence-electron chi connectivity index (χ1n) is 8.65. The summed E-state index contributed by atoms with van der Waals surface area (Å²) in [6.07, 6.45) is 3.41. The molecule has 2 aromatic carbocycles. The van der Waals surface area contributed by atoms with Gasteiger partial charge in [-0.25, -0.2) is 4.98 Å². The summed E-state index contributed by atoms with van der Waals surface area (Å²) in [6, 6.07) is 14.2. The Kier molecular flexibility index (Phi) is 5.67. The molecule has 4 aromatic rings. The van der Waals surface area contributed by atoms with Crippen LogP contribution in [0.2, 0.25) is 10.0 Å². The Bertz CT molecular complexity index is 1180. The molecule has 0 unspecified atom stereocenters. The molecule has 29 heavy (non-hydrogen) atoms. The molecule has 4 rings (SSSR count). The van der Waals surface area contributed by atoms with Crippen LogP contribution in [-0.4, -0.2) is 23.0 Å². The number of fused-ring (bicyclic) bond motifs is 1. The Balaban J connectivity index is 1.81. The summed E-state index contributed by atoms with van der Waals surface area (Å²) in [5, 5.41) is 1.62. The first-order chi connectivity index (χ1) is 14.0. The predicted octanol–water partition coefficient (Wildman–Crippen LogP) is 5.85. The SMILES string of the molecule is COc1ccc(Cl)cc1C(=O)N(Cc1cccnc1)c1nc2ccc(Cl)cc2s1. The molecule has 0 bridgehead atoms. The van der Waals surface area contributed by atoms with E-state index in [1.807, 2.05) is 24.3 Å². The molecule has 1 amide bonds. The minimum Gasteiger partial charge on any atom is -0.496 e. The lowest BCUT2D eigenvalue weighted by Crippen LogP contribution is -2.30. The molecule has 5 nitrogen and oxygen atoms in total. The third-order valence-electron chi connectivity index (χ3n) is 4.27. The topological polar surface area (TPSA) is 55.3 Å². The number of carbonyl (C=O) groups excluding carboxylic acids is 1. The number of carbonyl (C=O) groups is 1. The maximum Gasteiger partial charge on any atom is 0.264 e. The van der Waals surface area contributed by atoms with Crippen molar-refractivity contribution in [3.05, 3.63) is 82.1 Å². The summed E-state index contributed by atoms with van der Waals surface area (Å²) in [5.41, 5.74) is 2.01. The van der Waals surface area contributed by atoms with Gasteiger partial charge in [-0.2, -0.15) is 0 Å². The van der Waals surface area contributed by atoms with Gasteiger partial charge in [-0.1, -0.05) is 40.6 Å². The van der Waals surface area contributed by atoms with Crippen molar-refractivity contribution in [3.63, 3.8) is 0 Å². The second-order valence-corrected chi connectivity index (χ2v) is 8.09. The molecule has 2 heterocycles. The predicted molar refractivity (Wildman–Crippen MR) is 117 cm³/mol. The molecular formula is C21H15Cl2N3O2S. The number of ether oxygens (including phenoxy) is 1. The highest BCUT2D eigenvalue weighted by Gasteiger charge is 2.25. The first kappa shape index (κ1) is 19.6. The zero-order valence-corrected chi connectivity index (χ0v) is 17.6. The van der Waals surface area contributed by atoms with Crippen molar-refractivity contribution in [2.75, 3.05) is 12.0 Å². The van der Waals surface area contributed by atoms with Crippen molar-refractivity contribution in [2.45, 2.75) is 6.54 Å². The summed E-state index contributed by atoms with van der Waals surface area (Å²) >= 11 is 13.7. The zero-order chi connectivity index (χ0) is 20.4. The zero-order valence-electron chi connectivity index (χ0n) is 15.3. The number of hydrogen-bond acceptors (Lipinski definition) is 5. The van der Waals surface area contributed by atoms with Crippen LogP contribution in [-0.2, 0) is 6.54 Å². The molecule has 146 valence electrons. The number of pyridine rings is 1. The quantitative estimate of drug-likeness (QED) is 0.387. The number of rotatable bonds is 5. The molecule has 0 spiro atoms. The number of amides is 1. The molecule has 0 atom stereocenters. The highest BCUT2D eigenvalue weighted by atomic mass is 35.5. The number of anilines is 1. The van der Waals surface area contributed by atoms with Gasteiger partial charge in [0.2, 0.25) is 0 Å². The van der Waals surface area contributed by atoms with Crippen molar-refractivity contribution in [2.24, 2.45) is 0 Å². The summed E-state index contributed by atoms with van der Waals surface area (Å²) < 4.78 is 6.28. The van der Waals surface area contributed by atoms with Crippen molar-refractivity contribution in [1.29, 1.82) is 0 Å². The van der Waals surface area contributed by atoms with E-state index in [0.29, 0.717) is 33.0 Å². The van der Waals surface area contributed by atoms with Crippen LogP contribution in [0, 0.1) is 0 Å². The van der Waals surface area contributed by atoms with Gasteiger partial charge in [0.1, 0.15) is 5.75 Å². The van der Waals surface area contributed by atoms with Gasteiger partial charge in [0.25, 0.3) is 5.91 Å². The van der Waals surface area contributed by atoms with Crippen molar-refractivity contribution >= 4 is 55.8 Å². The number of methoxy groups -OCH3 is 1. The van der Waals surface area contributed by atoms with Crippen molar-refractivity contribution < 1.29 is 9.53 Å². The van der Waals surface area contributed by atoms with Gasteiger partial charge in [0.15, 0.2) is 5.13 Å². The largest absolute Gasteiger partial charge is 0.496 e. The van der Waals surface area contributed by atoms with E-state index in [4.69, 9.17) is 27.9 Å². The monoisotopic (exact) mass is 443 g/mol. The van der Waals surface area contributed by atoms with Crippen LogP contribution in [0.1, 0.15) is 15.9 Å². The lowest BCUT2D eigenvalue weighted by Gasteiger charge is -2.21. The molecule has 0 fully saturated rings. The Morgan fingerprint density at radius 2 is 1.93 bits per heavy atom. The fourth-order valence-corrected chi connectivity index (χ4v) is 4.31. The molecule has 0 saturated heterocycles. The average molecular weight is 444 g/mol. The number of halogens is 2. The number of aromatic nitrogens is 2. The van der Waals surface area contributed by atoms with Crippen molar-refractivity contribution in [3.8, 4) is 5.75 Å². The van der Waals surface area contributed by atoms with E-state index in [0.717, 1.165) is 15.8 Å². The summed E-state index contributed by atoms with van der Waals surface area (Å²) in [4.78, 5) is 23.9. The third kappa shape index (κ3) is 4.19. The molecule has 0 N–H and O–H groups in total. The van der Waals surface area contributed by atoms with E-state index < -0.39 is 0 Å². The van der Waals surface area contributed by atoms with Crippen LogP contribution in [0.4, 0.5) is 5.13 Å². The van der Waals surface area contributed by atoms with Gasteiger partial charge >= 0.3 is 0 Å². The minimum absolute atomic E-state index is 0.265. The molecule has 0 aliphatic rings. The van der Waals surface area contributed by atoms with Gasteiger partial charge in [0.05, 0.1) is 29.4 Å². The Labute approximate surface area is 181 Å². The number of benzene rings is 2. The fourth-order valence-electron chi connectivity index (χ4n) is 2.90. The average Bonchev–Trinajstić information content (AvgIpc) is 3.15. The number of thiazole rings is 1. The van der Waals surface area contributed by atoms with E-state index in [9.17, 15) is 4.79 Å². The second kappa shape index (κ2) is 8.37. The van der Waals surface area contributed by atoms with E-state index >= 15 is 0 Å². The number of nitrogens with zero attached hydrogens (tertiary/aromatic N) is 3. The van der Waals surface area contributed by atoms with Crippen molar-refractivity contribution in [1.82, 2.24) is 9.97 Å². The summed E-state index contributed by atoms with van der Waals surface area (Å²) in [7, 11) is 1.52. The first-order valence-corrected chi connectivity index (χ1v) is 10.2.